The summed E-state index contributed by atoms with van der Waals surface area (Å²) in [4.78, 5) is 30.9. The van der Waals surface area contributed by atoms with E-state index in [-0.39, 0.29) is 28.6 Å². The molecular formula is C24H25N5O2. The molecule has 0 fully saturated rings. The van der Waals surface area contributed by atoms with Gasteiger partial charge in [0.2, 0.25) is 0 Å². The number of hydrogen-bond acceptors (Lipinski definition) is 4. The van der Waals surface area contributed by atoms with Gasteiger partial charge in [0.25, 0.3) is 11.5 Å². The molecule has 1 atom stereocenters. The second kappa shape index (κ2) is 8.55. The van der Waals surface area contributed by atoms with E-state index >= 15 is 0 Å². The standard InChI is InChI=1S/C24H25N5O2/c1-3-4-13-29-21(25)18(23(30)26-16(2)17-10-6-5-7-11-17)15-19-22(29)27-20-12-8-9-14-28(20)24(19)31/h5-12,14-16,25H,3-4,13H2,1-2H3,(H,26,30)/t16-/m0/s1. The summed E-state index contributed by atoms with van der Waals surface area (Å²) in [7, 11) is 0. The maximum Gasteiger partial charge on any atom is 0.267 e. The van der Waals surface area contributed by atoms with E-state index in [0.29, 0.717) is 23.2 Å². The van der Waals surface area contributed by atoms with Gasteiger partial charge in [-0.25, -0.2) is 4.98 Å². The summed E-state index contributed by atoms with van der Waals surface area (Å²) >= 11 is 0. The van der Waals surface area contributed by atoms with Crippen LogP contribution in [-0.2, 0) is 6.54 Å². The second-order valence-corrected chi connectivity index (χ2v) is 7.60. The van der Waals surface area contributed by atoms with E-state index < -0.39 is 0 Å². The molecule has 3 aromatic heterocycles. The topological polar surface area (TPSA) is 92.2 Å². The third kappa shape index (κ3) is 3.86. The summed E-state index contributed by atoms with van der Waals surface area (Å²) in [6.45, 7) is 4.46. The number of aryl methyl sites for hydroxylation is 1. The average molecular weight is 415 g/mol. The molecule has 0 aliphatic heterocycles. The van der Waals surface area contributed by atoms with E-state index in [4.69, 9.17) is 5.41 Å². The van der Waals surface area contributed by atoms with Gasteiger partial charge in [0.1, 0.15) is 16.8 Å². The maximum atomic E-state index is 13.2. The molecule has 4 aromatic rings. The number of carbonyl (C=O) groups excluding carboxylic acids is 1. The maximum absolute atomic E-state index is 13.2. The van der Waals surface area contributed by atoms with Gasteiger partial charge in [-0.1, -0.05) is 49.7 Å². The molecule has 1 amide bonds. The first kappa shape index (κ1) is 20.5. The SMILES string of the molecule is CCCCn1c(=N)c(C(=O)N[C@@H](C)c2ccccc2)cc2c(=O)n3ccccc3nc21. The molecule has 0 bridgehead atoms. The minimum absolute atomic E-state index is 0.0610. The molecule has 7 nitrogen and oxygen atoms in total. The Labute approximate surface area is 179 Å². The van der Waals surface area contributed by atoms with Gasteiger partial charge in [0, 0.05) is 12.7 Å². The van der Waals surface area contributed by atoms with Crippen molar-refractivity contribution in [1.29, 1.82) is 5.41 Å². The lowest BCUT2D eigenvalue weighted by Gasteiger charge is -2.17. The highest BCUT2D eigenvalue weighted by atomic mass is 16.1. The molecule has 4 rings (SSSR count). The molecule has 0 saturated heterocycles. The number of unbranched alkanes of at least 4 members (excludes halogenated alkanes) is 1. The number of aromatic nitrogens is 3. The largest absolute Gasteiger partial charge is 0.345 e. The number of amides is 1. The van der Waals surface area contributed by atoms with Crippen molar-refractivity contribution in [2.24, 2.45) is 0 Å². The molecule has 31 heavy (non-hydrogen) atoms. The van der Waals surface area contributed by atoms with E-state index in [0.717, 1.165) is 18.4 Å². The van der Waals surface area contributed by atoms with Crippen molar-refractivity contribution in [3.05, 3.63) is 87.8 Å². The number of hydrogen-bond donors (Lipinski definition) is 2. The van der Waals surface area contributed by atoms with E-state index in [1.807, 2.05) is 43.3 Å². The Morgan fingerprint density at radius 3 is 2.65 bits per heavy atom. The molecule has 158 valence electrons. The van der Waals surface area contributed by atoms with Gasteiger partial charge in [-0.15, -0.1) is 0 Å². The average Bonchev–Trinajstić information content (AvgIpc) is 2.79. The van der Waals surface area contributed by atoms with Crippen LogP contribution in [0.3, 0.4) is 0 Å². The zero-order chi connectivity index (χ0) is 22.0. The van der Waals surface area contributed by atoms with Gasteiger partial charge >= 0.3 is 0 Å². The summed E-state index contributed by atoms with van der Waals surface area (Å²) in [5.74, 6) is -0.383. The van der Waals surface area contributed by atoms with Gasteiger partial charge in [0.05, 0.1) is 17.0 Å². The number of fused-ring (bicyclic) bond motifs is 2. The fourth-order valence-electron chi connectivity index (χ4n) is 3.69. The van der Waals surface area contributed by atoms with Crippen molar-refractivity contribution in [2.45, 2.75) is 39.3 Å². The molecule has 0 unspecified atom stereocenters. The number of carbonyl (C=O) groups is 1. The van der Waals surface area contributed by atoms with Crippen LogP contribution < -0.4 is 16.4 Å². The predicted octanol–water partition coefficient (Wildman–Crippen LogP) is 3.42. The molecule has 0 saturated carbocycles. The third-order valence-electron chi connectivity index (χ3n) is 5.45. The van der Waals surface area contributed by atoms with Crippen LogP contribution in [0, 0.1) is 5.41 Å². The van der Waals surface area contributed by atoms with Crippen LogP contribution in [0.2, 0.25) is 0 Å². The van der Waals surface area contributed by atoms with Crippen LogP contribution in [0.4, 0.5) is 0 Å². The second-order valence-electron chi connectivity index (χ2n) is 7.60. The first-order valence-electron chi connectivity index (χ1n) is 10.5. The Morgan fingerprint density at radius 2 is 1.90 bits per heavy atom. The molecule has 0 aliphatic rings. The minimum Gasteiger partial charge on any atom is -0.345 e. The molecule has 7 heteroatoms. The van der Waals surface area contributed by atoms with Crippen molar-refractivity contribution in [2.75, 3.05) is 0 Å². The highest BCUT2D eigenvalue weighted by Crippen LogP contribution is 2.14. The van der Waals surface area contributed by atoms with Gasteiger partial charge in [0.15, 0.2) is 0 Å². The summed E-state index contributed by atoms with van der Waals surface area (Å²) in [6.07, 6.45) is 3.39. The van der Waals surface area contributed by atoms with Gasteiger partial charge < -0.3 is 9.88 Å². The van der Waals surface area contributed by atoms with Gasteiger partial charge in [-0.2, -0.15) is 0 Å². The van der Waals surface area contributed by atoms with Crippen molar-refractivity contribution in [3.8, 4) is 0 Å². The zero-order valence-corrected chi connectivity index (χ0v) is 17.6. The summed E-state index contributed by atoms with van der Waals surface area (Å²) in [6, 6.07) is 16.3. The monoisotopic (exact) mass is 415 g/mol. The number of nitrogens with zero attached hydrogens (tertiary/aromatic N) is 3. The minimum atomic E-state index is -0.383. The van der Waals surface area contributed by atoms with Crippen molar-refractivity contribution in [1.82, 2.24) is 19.3 Å². The van der Waals surface area contributed by atoms with Crippen molar-refractivity contribution in [3.63, 3.8) is 0 Å². The molecule has 1 aromatic carbocycles. The molecule has 3 heterocycles. The van der Waals surface area contributed by atoms with Crippen LogP contribution in [0.5, 0.6) is 0 Å². The highest BCUT2D eigenvalue weighted by molar-refractivity contribution is 5.97. The summed E-state index contributed by atoms with van der Waals surface area (Å²) in [5.41, 5.74) is 1.89. The van der Waals surface area contributed by atoms with Crippen LogP contribution in [0.25, 0.3) is 16.7 Å². The summed E-state index contributed by atoms with van der Waals surface area (Å²) < 4.78 is 3.14. The van der Waals surface area contributed by atoms with E-state index in [1.165, 1.54) is 10.5 Å². The predicted molar refractivity (Wildman–Crippen MR) is 120 cm³/mol. The lowest BCUT2D eigenvalue weighted by atomic mass is 10.1. The Hall–Kier alpha value is -3.74. The smallest absolute Gasteiger partial charge is 0.267 e. The molecule has 2 N–H and O–H groups in total. The number of pyridine rings is 2. The zero-order valence-electron chi connectivity index (χ0n) is 17.6. The van der Waals surface area contributed by atoms with Crippen LogP contribution in [0.15, 0.2) is 65.6 Å². The molecular weight excluding hydrogens is 390 g/mol. The Balaban J connectivity index is 1.87. The Kier molecular flexibility index (Phi) is 5.66. The summed E-state index contributed by atoms with van der Waals surface area (Å²) in [5, 5.41) is 12.0. The first-order chi connectivity index (χ1) is 15.0. The Morgan fingerprint density at radius 1 is 1.16 bits per heavy atom. The van der Waals surface area contributed by atoms with E-state index in [9.17, 15) is 9.59 Å². The van der Waals surface area contributed by atoms with Gasteiger partial charge in [-0.05, 0) is 37.1 Å². The molecule has 0 radical (unpaired) electrons. The first-order valence-corrected chi connectivity index (χ1v) is 10.5. The Bertz CT molecular complexity index is 1370. The highest BCUT2D eigenvalue weighted by Gasteiger charge is 2.19. The van der Waals surface area contributed by atoms with Crippen LogP contribution in [-0.4, -0.2) is 19.9 Å². The fourth-order valence-corrected chi connectivity index (χ4v) is 3.69. The normalized spacial score (nSPS) is 12.2. The quantitative estimate of drug-likeness (QED) is 0.473. The lowest BCUT2D eigenvalue weighted by molar-refractivity contribution is 0.0937. The molecule has 0 spiro atoms. The van der Waals surface area contributed by atoms with Crippen molar-refractivity contribution < 1.29 is 4.79 Å². The van der Waals surface area contributed by atoms with Gasteiger partial charge in [-0.3, -0.25) is 19.4 Å². The van der Waals surface area contributed by atoms with Crippen molar-refractivity contribution >= 4 is 22.6 Å². The van der Waals surface area contributed by atoms with Crippen LogP contribution in [0.1, 0.15) is 48.7 Å². The van der Waals surface area contributed by atoms with Crippen LogP contribution >= 0.6 is 0 Å². The van der Waals surface area contributed by atoms with E-state index in [2.05, 4.69) is 17.2 Å². The lowest BCUT2D eigenvalue weighted by Crippen LogP contribution is -2.36. The number of benzene rings is 1. The van der Waals surface area contributed by atoms with E-state index in [1.54, 1.807) is 22.9 Å². The number of nitrogens with one attached hydrogen (secondary N) is 2. The third-order valence-corrected chi connectivity index (χ3v) is 5.45. The fraction of sp³-hybridized carbons (Fsp3) is 0.250. The molecule has 0 aliphatic carbocycles. The number of rotatable bonds is 6.